The Balaban J connectivity index is 2.04. The summed E-state index contributed by atoms with van der Waals surface area (Å²) in [6.45, 7) is 1.76. The molecule has 0 amide bonds. The van der Waals surface area contributed by atoms with Crippen molar-refractivity contribution in [3.63, 3.8) is 0 Å². The molecule has 6 nitrogen and oxygen atoms in total. The molecule has 1 aromatic carbocycles. The first-order valence-corrected chi connectivity index (χ1v) is 8.38. The van der Waals surface area contributed by atoms with Gasteiger partial charge in [0.25, 0.3) is 5.56 Å². The highest BCUT2D eigenvalue weighted by molar-refractivity contribution is 5.69. The van der Waals surface area contributed by atoms with Crippen molar-refractivity contribution in [1.82, 2.24) is 14.8 Å². The molecule has 0 bridgehead atoms. The summed E-state index contributed by atoms with van der Waals surface area (Å²) in [5.41, 5.74) is 2.65. The number of benzene rings is 1. The van der Waals surface area contributed by atoms with E-state index in [-0.39, 0.29) is 18.7 Å². The number of rotatable bonds is 6. The van der Waals surface area contributed by atoms with E-state index >= 15 is 0 Å². The Hall–Kier alpha value is -3.28. The van der Waals surface area contributed by atoms with E-state index in [0.29, 0.717) is 17.7 Å². The van der Waals surface area contributed by atoms with Gasteiger partial charge in [-0.1, -0.05) is 30.3 Å². The number of pyridine rings is 1. The summed E-state index contributed by atoms with van der Waals surface area (Å²) in [7, 11) is 0. The summed E-state index contributed by atoms with van der Waals surface area (Å²) in [6, 6.07) is 15.1. The molecule has 132 valence electrons. The van der Waals surface area contributed by atoms with Gasteiger partial charge in [-0.15, -0.1) is 0 Å². The smallest absolute Gasteiger partial charge is 0.327 e. The van der Waals surface area contributed by atoms with Gasteiger partial charge in [-0.2, -0.15) is 5.10 Å². The second-order valence-corrected chi connectivity index (χ2v) is 5.73. The predicted octanol–water partition coefficient (Wildman–Crippen LogP) is 2.46. The average Bonchev–Trinajstić information content (AvgIpc) is 2.66. The monoisotopic (exact) mass is 349 g/mol. The quantitative estimate of drug-likeness (QED) is 0.639. The first-order chi connectivity index (χ1) is 12.7. The second kappa shape index (κ2) is 8.20. The van der Waals surface area contributed by atoms with Crippen molar-refractivity contribution in [3.05, 3.63) is 82.4 Å². The largest absolute Gasteiger partial charge is 0.465 e. The summed E-state index contributed by atoms with van der Waals surface area (Å²) in [5, 5.41) is 4.33. The zero-order valence-electron chi connectivity index (χ0n) is 14.5. The third-order valence-electron chi connectivity index (χ3n) is 3.83. The molecule has 0 fully saturated rings. The third-order valence-corrected chi connectivity index (χ3v) is 3.83. The minimum absolute atomic E-state index is 0.220. The van der Waals surface area contributed by atoms with Crippen LogP contribution >= 0.6 is 0 Å². The zero-order chi connectivity index (χ0) is 18.4. The molecule has 0 aliphatic heterocycles. The van der Waals surface area contributed by atoms with E-state index in [1.54, 1.807) is 31.5 Å². The Morgan fingerprint density at radius 1 is 1.15 bits per heavy atom. The fourth-order valence-corrected chi connectivity index (χ4v) is 2.63. The maximum Gasteiger partial charge on any atom is 0.327 e. The number of aromatic nitrogens is 3. The molecule has 26 heavy (non-hydrogen) atoms. The summed E-state index contributed by atoms with van der Waals surface area (Å²) in [6.07, 6.45) is 3.80. The van der Waals surface area contributed by atoms with Crippen LogP contribution in [0.1, 0.15) is 18.1 Å². The van der Waals surface area contributed by atoms with Gasteiger partial charge in [0.2, 0.25) is 0 Å². The Bertz CT molecular complexity index is 938. The molecule has 0 aliphatic rings. The Morgan fingerprint density at radius 2 is 1.96 bits per heavy atom. The van der Waals surface area contributed by atoms with Gasteiger partial charge in [0.15, 0.2) is 0 Å². The van der Waals surface area contributed by atoms with Gasteiger partial charge in [0.05, 0.1) is 12.3 Å². The highest BCUT2D eigenvalue weighted by atomic mass is 16.5. The lowest BCUT2D eigenvalue weighted by Crippen LogP contribution is -2.30. The van der Waals surface area contributed by atoms with E-state index in [4.69, 9.17) is 4.74 Å². The summed E-state index contributed by atoms with van der Waals surface area (Å²) in [5.74, 6) is -0.490. The lowest BCUT2D eigenvalue weighted by molar-refractivity contribution is -0.144. The number of esters is 1. The summed E-state index contributed by atoms with van der Waals surface area (Å²) >= 11 is 0. The van der Waals surface area contributed by atoms with Crippen LogP contribution in [0.3, 0.4) is 0 Å². The molecule has 0 atom stereocenters. The van der Waals surface area contributed by atoms with Crippen LogP contribution in [0.15, 0.2) is 65.7 Å². The molecule has 3 aromatic rings. The molecule has 0 radical (unpaired) electrons. The Morgan fingerprint density at radius 3 is 2.65 bits per heavy atom. The van der Waals surface area contributed by atoms with Crippen LogP contribution < -0.4 is 5.56 Å². The highest BCUT2D eigenvalue weighted by Gasteiger charge is 2.14. The molecule has 0 aliphatic carbocycles. The summed E-state index contributed by atoms with van der Waals surface area (Å²) in [4.78, 5) is 28.7. The number of nitrogens with zero attached hydrogens (tertiary/aromatic N) is 3. The summed E-state index contributed by atoms with van der Waals surface area (Å²) < 4.78 is 6.12. The Labute approximate surface area is 151 Å². The van der Waals surface area contributed by atoms with Crippen LogP contribution in [0.25, 0.3) is 11.3 Å². The molecule has 3 rings (SSSR count). The maximum absolute atomic E-state index is 12.8. The van der Waals surface area contributed by atoms with Gasteiger partial charge in [-0.3, -0.25) is 14.6 Å². The highest BCUT2D eigenvalue weighted by Crippen LogP contribution is 2.16. The first-order valence-electron chi connectivity index (χ1n) is 8.38. The fourth-order valence-electron chi connectivity index (χ4n) is 2.63. The molecule has 0 saturated carbocycles. The molecule has 6 heteroatoms. The van der Waals surface area contributed by atoms with E-state index in [2.05, 4.69) is 10.1 Å². The van der Waals surface area contributed by atoms with Crippen molar-refractivity contribution in [2.45, 2.75) is 19.9 Å². The van der Waals surface area contributed by atoms with E-state index in [0.717, 1.165) is 11.1 Å². The van der Waals surface area contributed by atoms with Crippen LogP contribution in [0.5, 0.6) is 0 Å². The van der Waals surface area contributed by atoms with Crippen molar-refractivity contribution in [1.29, 1.82) is 0 Å². The number of hydrogen-bond donors (Lipinski definition) is 0. The molecule has 2 aromatic heterocycles. The molecule has 2 heterocycles. The minimum Gasteiger partial charge on any atom is -0.465 e. The van der Waals surface area contributed by atoms with Crippen molar-refractivity contribution in [2.75, 3.05) is 6.61 Å². The molecule has 0 saturated heterocycles. The lowest BCUT2D eigenvalue weighted by Gasteiger charge is -2.10. The first kappa shape index (κ1) is 17.5. The standard InChI is InChI=1S/C20H19N3O3/c1-2-26-19(24)14-23-20(25)17(11-15-7-4-3-5-8-15)12-18(22-23)16-9-6-10-21-13-16/h3-10,12-13H,2,11,14H2,1H3. The zero-order valence-corrected chi connectivity index (χ0v) is 14.5. The van der Waals surface area contributed by atoms with Crippen LogP contribution in [0, 0.1) is 0 Å². The van der Waals surface area contributed by atoms with Gasteiger partial charge >= 0.3 is 5.97 Å². The van der Waals surface area contributed by atoms with E-state index in [1.807, 2.05) is 36.4 Å². The molecular formula is C20H19N3O3. The van der Waals surface area contributed by atoms with E-state index in [9.17, 15) is 9.59 Å². The third kappa shape index (κ3) is 4.22. The lowest BCUT2D eigenvalue weighted by atomic mass is 10.0. The maximum atomic E-state index is 12.8. The SMILES string of the molecule is CCOC(=O)Cn1nc(-c2cccnc2)cc(Cc2ccccc2)c1=O. The van der Waals surface area contributed by atoms with E-state index < -0.39 is 5.97 Å². The number of ether oxygens (including phenoxy) is 1. The van der Waals surface area contributed by atoms with Gasteiger partial charge in [-0.25, -0.2) is 4.68 Å². The normalized spacial score (nSPS) is 10.5. The predicted molar refractivity (Wildman–Crippen MR) is 97.6 cm³/mol. The minimum atomic E-state index is -0.490. The van der Waals surface area contributed by atoms with Crippen molar-refractivity contribution in [3.8, 4) is 11.3 Å². The van der Waals surface area contributed by atoms with Gasteiger partial charge < -0.3 is 4.74 Å². The van der Waals surface area contributed by atoms with Crippen LogP contribution in [0.2, 0.25) is 0 Å². The molecular weight excluding hydrogens is 330 g/mol. The molecule has 0 unspecified atom stereocenters. The number of carbonyl (C=O) groups is 1. The van der Waals surface area contributed by atoms with Gasteiger partial charge in [-0.05, 0) is 30.7 Å². The van der Waals surface area contributed by atoms with Crippen LogP contribution in [0.4, 0.5) is 0 Å². The number of hydrogen-bond acceptors (Lipinski definition) is 5. The van der Waals surface area contributed by atoms with E-state index in [1.165, 1.54) is 4.68 Å². The van der Waals surface area contributed by atoms with Crippen molar-refractivity contribution >= 4 is 5.97 Å². The molecule has 0 N–H and O–H groups in total. The molecule has 0 spiro atoms. The van der Waals surface area contributed by atoms with Gasteiger partial charge in [0, 0.05) is 29.9 Å². The van der Waals surface area contributed by atoms with Crippen molar-refractivity contribution in [2.24, 2.45) is 0 Å². The van der Waals surface area contributed by atoms with Gasteiger partial charge in [0.1, 0.15) is 6.54 Å². The number of carbonyl (C=O) groups excluding carboxylic acids is 1. The van der Waals surface area contributed by atoms with Crippen molar-refractivity contribution < 1.29 is 9.53 Å². The fraction of sp³-hybridized carbons (Fsp3) is 0.200. The van der Waals surface area contributed by atoms with Crippen LogP contribution in [-0.2, 0) is 22.5 Å². The van der Waals surface area contributed by atoms with Crippen LogP contribution in [-0.4, -0.2) is 27.3 Å². The topological polar surface area (TPSA) is 74.1 Å². The second-order valence-electron chi connectivity index (χ2n) is 5.73. The Kier molecular flexibility index (Phi) is 5.53. The average molecular weight is 349 g/mol.